The number of piperazine rings is 1. The van der Waals surface area contributed by atoms with E-state index >= 15 is 0 Å². The largest absolute Gasteiger partial charge is 0.488 e. The number of nitriles is 1. The molecule has 0 saturated carbocycles. The lowest BCUT2D eigenvalue weighted by molar-refractivity contribution is -0.141. The van der Waals surface area contributed by atoms with Crippen LogP contribution in [0.3, 0.4) is 0 Å². The molecule has 0 spiro atoms. The maximum atomic E-state index is 14.6. The number of ether oxygens (including phenoxy) is 4. The van der Waals surface area contributed by atoms with Crippen molar-refractivity contribution < 1.29 is 36.9 Å². The lowest BCUT2D eigenvalue weighted by atomic mass is 10.1. The van der Waals surface area contributed by atoms with Crippen molar-refractivity contribution in [1.82, 2.24) is 19.7 Å². The molecule has 1 fully saturated rings. The predicted octanol–water partition coefficient (Wildman–Crippen LogP) is 6.43. The number of anilines is 1. The van der Waals surface area contributed by atoms with Gasteiger partial charge in [-0.25, -0.2) is 9.67 Å². The van der Waals surface area contributed by atoms with Crippen LogP contribution in [0.4, 0.5) is 19.0 Å². The zero-order chi connectivity index (χ0) is 39.9. The number of amides is 1. The first-order valence-electron chi connectivity index (χ1n) is 19.1. The van der Waals surface area contributed by atoms with Gasteiger partial charge in [0.2, 0.25) is 5.91 Å². The van der Waals surface area contributed by atoms with Crippen molar-refractivity contribution in [3.8, 4) is 11.8 Å². The van der Waals surface area contributed by atoms with Crippen molar-refractivity contribution >= 4 is 27.9 Å². The average molecular weight is 797 g/mol. The number of carbonyl (C=O) groups excluding carboxylic acids is 1. The zero-order valence-electron chi connectivity index (χ0n) is 33.1. The number of hydrogen-bond donors (Lipinski definition) is 0. The van der Waals surface area contributed by atoms with Crippen LogP contribution in [0.1, 0.15) is 50.9 Å². The molecule has 3 rings (SSSR count). The number of carbonyl (C=O) groups is 1. The molecule has 2 aromatic rings. The number of halogens is 3. The molecule has 54 heavy (non-hydrogen) atoms. The van der Waals surface area contributed by atoms with Gasteiger partial charge in [-0.15, -0.1) is 0 Å². The Balaban J connectivity index is 1.64. The molecular formula is C37H59F3N6O6Si2. The summed E-state index contributed by atoms with van der Waals surface area (Å²) in [7, 11) is -2.91. The van der Waals surface area contributed by atoms with Crippen LogP contribution in [0.15, 0.2) is 23.1 Å². The highest BCUT2D eigenvalue weighted by molar-refractivity contribution is 6.79. The molecule has 302 valence electrons. The Morgan fingerprint density at radius 3 is 2.22 bits per heavy atom. The van der Waals surface area contributed by atoms with Crippen molar-refractivity contribution in [3.63, 3.8) is 0 Å². The summed E-state index contributed by atoms with van der Waals surface area (Å²) in [5, 5.41) is 13.3. The Morgan fingerprint density at radius 1 is 0.981 bits per heavy atom. The molecule has 17 heteroatoms. The summed E-state index contributed by atoms with van der Waals surface area (Å²) in [6, 6.07) is 10.7. The summed E-state index contributed by atoms with van der Waals surface area (Å²) < 4.78 is 67.5. The average Bonchev–Trinajstić information content (AvgIpc) is 3.14. The first-order chi connectivity index (χ1) is 25.6. The van der Waals surface area contributed by atoms with Crippen LogP contribution in [0, 0.1) is 11.3 Å². The van der Waals surface area contributed by atoms with Crippen molar-refractivity contribution in [2.24, 2.45) is 0 Å². The van der Waals surface area contributed by atoms with E-state index in [0.717, 1.165) is 40.7 Å². The van der Waals surface area contributed by atoms with Crippen LogP contribution in [-0.4, -0.2) is 107 Å². The van der Waals surface area contributed by atoms with Crippen molar-refractivity contribution in [2.45, 2.75) is 109 Å². The van der Waals surface area contributed by atoms with Gasteiger partial charge < -0.3 is 28.7 Å². The van der Waals surface area contributed by atoms with Crippen molar-refractivity contribution in [2.75, 3.05) is 64.1 Å². The van der Waals surface area contributed by atoms with Gasteiger partial charge in [-0.05, 0) is 31.1 Å². The van der Waals surface area contributed by atoms with Crippen molar-refractivity contribution in [1.29, 1.82) is 5.26 Å². The standard InChI is InChI=1S/C37H59F3N6O6Si2/c1-8-54(9-2,10-3)24-22-49-19-13-31-35(34(37(38,39)40)36(48)46(43-31)28-50-21-23-53(5,6)7)52-27-29(4)51-20-14-33(47)45-17-15-44(16-18-45)32-12-11-30(25-41)26-42-32/h11-12,26,29H,8-10,13-24,27-28H2,1-7H3. The predicted molar refractivity (Wildman–Crippen MR) is 207 cm³/mol. The highest BCUT2D eigenvalue weighted by Gasteiger charge is 2.41. The summed E-state index contributed by atoms with van der Waals surface area (Å²) >= 11 is 0. The summed E-state index contributed by atoms with van der Waals surface area (Å²) in [5.41, 5.74) is -2.34. The molecule has 0 bridgehead atoms. The Labute approximate surface area is 319 Å². The van der Waals surface area contributed by atoms with Gasteiger partial charge in [-0.3, -0.25) is 9.59 Å². The first-order valence-corrected chi connectivity index (χ1v) is 25.6. The summed E-state index contributed by atoms with van der Waals surface area (Å²) in [5.74, 6) is 0.00760. The van der Waals surface area contributed by atoms with Crippen LogP contribution < -0.4 is 15.2 Å². The second-order valence-electron chi connectivity index (χ2n) is 15.1. The minimum Gasteiger partial charge on any atom is -0.488 e. The van der Waals surface area contributed by atoms with E-state index < -0.39 is 52.0 Å². The molecule has 0 radical (unpaired) electrons. The van der Waals surface area contributed by atoms with E-state index in [-0.39, 0.29) is 44.3 Å². The first kappa shape index (κ1) is 45.1. The fourth-order valence-corrected chi connectivity index (χ4v) is 10.1. The third-order valence-electron chi connectivity index (χ3n) is 10.2. The van der Waals surface area contributed by atoms with E-state index in [1.165, 1.54) is 6.20 Å². The monoisotopic (exact) mass is 796 g/mol. The number of rotatable bonds is 22. The Kier molecular flexibility index (Phi) is 17.6. The third-order valence-corrected chi connectivity index (χ3v) is 17.7. The smallest absolute Gasteiger partial charge is 0.425 e. The molecule has 1 amide bonds. The molecule has 0 N–H and O–H groups in total. The van der Waals surface area contributed by atoms with E-state index in [2.05, 4.69) is 50.5 Å². The second kappa shape index (κ2) is 21.1. The van der Waals surface area contributed by atoms with Gasteiger partial charge in [0.25, 0.3) is 5.56 Å². The molecule has 12 nitrogen and oxygen atoms in total. The quantitative estimate of drug-likeness (QED) is 0.0971. The number of pyridine rings is 1. The normalized spacial score (nSPS) is 14.6. The fourth-order valence-electron chi connectivity index (χ4n) is 6.21. The summed E-state index contributed by atoms with van der Waals surface area (Å²) in [6.45, 7) is 17.2. The molecule has 0 aromatic carbocycles. The van der Waals surface area contributed by atoms with Crippen LogP contribution in [-0.2, 0) is 38.3 Å². The fraction of sp³-hybridized carbons (Fsp3) is 0.703. The van der Waals surface area contributed by atoms with Crippen LogP contribution in [0.2, 0.25) is 49.9 Å². The van der Waals surface area contributed by atoms with E-state index in [1.54, 1.807) is 24.0 Å². The Bertz CT molecular complexity index is 1560. The molecule has 1 saturated heterocycles. The molecule has 1 aliphatic heterocycles. The SMILES string of the molecule is CC[Si](CC)(CC)CCOCCc1nn(COCC[Si](C)(C)C)c(=O)c(C(F)(F)F)c1OCC(C)OCCC(=O)N1CCN(c2ccc(C#N)cn2)CC1. The zero-order valence-corrected chi connectivity index (χ0v) is 35.1. The van der Waals surface area contributed by atoms with Gasteiger partial charge in [0.1, 0.15) is 30.9 Å². The minimum atomic E-state index is -5.02. The lowest BCUT2D eigenvalue weighted by Crippen LogP contribution is -2.49. The van der Waals surface area contributed by atoms with E-state index in [9.17, 15) is 22.8 Å². The van der Waals surface area contributed by atoms with E-state index in [4.69, 9.17) is 24.2 Å². The molecular weight excluding hydrogens is 738 g/mol. The van der Waals surface area contributed by atoms with Crippen LogP contribution >= 0.6 is 0 Å². The molecule has 0 aliphatic carbocycles. The number of aromatic nitrogens is 3. The number of alkyl halides is 3. The maximum Gasteiger partial charge on any atom is 0.425 e. The second-order valence-corrected chi connectivity index (χ2v) is 26.3. The van der Waals surface area contributed by atoms with Crippen LogP contribution in [0.25, 0.3) is 0 Å². The lowest BCUT2D eigenvalue weighted by Gasteiger charge is -2.35. The summed E-state index contributed by atoms with van der Waals surface area (Å²) in [6.07, 6.45) is -4.10. The van der Waals surface area contributed by atoms with Gasteiger partial charge in [0, 0.05) is 60.1 Å². The van der Waals surface area contributed by atoms with Gasteiger partial charge >= 0.3 is 6.18 Å². The maximum absolute atomic E-state index is 14.6. The number of hydrogen-bond acceptors (Lipinski definition) is 10. The van der Waals surface area contributed by atoms with Gasteiger partial charge in [-0.2, -0.15) is 23.5 Å². The highest BCUT2D eigenvalue weighted by atomic mass is 28.3. The molecule has 2 aromatic heterocycles. The minimum absolute atomic E-state index is 0.00473. The van der Waals surface area contributed by atoms with Gasteiger partial charge in [0.15, 0.2) is 11.3 Å². The van der Waals surface area contributed by atoms with Gasteiger partial charge in [0.05, 0.1) is 39.4 Å². The molecule has 3 heterocycles. The Hall–Kier alpha value is -3.31. The highest BCUT2D eigenvalue weighted by Crippen LogP contribution is 2.35. The molecule has 1 atom stereocenters. The van der Waals surface area contributed by atoms with E-state index in [1.807, 2.05) is 11.0 Å². The number of nitrogens with zero attached hydrogens (tertiary/aromatic N) is 6. The molecule has 1 unspecified atom stereocenters. The Morgan fingerprint density at radius 2 is 1.65 bits per heavy atom. The third kappa shape index (κ3) is 13.8. The topological polar surface area (TPSA) is 132 Å². The van der Waals surface area contributed by atoms with Gasteiger partial charge in [-0.1, -0.05) is 58.5 Å². The summed E-state index contributed by atoms with van der Waals surface area (Å²) in [4.78, 5) is 34.3. The van der Waals surface area contributed by atoms with E-state index in [0.29, 0.717) is 45.0 Å². The van der Waals surface area contributed by atoms with Crippen LogP contribution in [0.5, 0.6) is 5.75 Å². The van der Waals surface area contributed by atoms with Crippen molar-refractivity contribution in [3.05, 3.63) is 45.5 Å². The molecule has 1 aliphatic rings.